The third-order valence-corrected chi connectivity index (χ3v) is 4.14. The van der Waals surface area contributed by atoms with Crippen LogP contribution in [0, 0.1) is 0 Å². The third-order valence-electron chi connectivity index (χ3n) is 4.14. The van der Waals surface area contributed by atoms with Crippen LogP contribution in [0.15, 0.2) is 36.8 Å². The maximum atomic E-state index is 12.0. The first kappa shape index (κ1) is 16.4. The predicted molar refractivity (Wildman–Crippen MR) is 90.8 cm³/mol. The molecule has 3 rings (SSSR count). The number of amides is 2. The molecule has 1 saturated heterocycles. The Hall–Kier alpha value is -2.41. The van der Waals surface area contributed by atoms with Gasteiger partial charge in [0.25, 0.3) is 0 Å². The van der Waals surface area contributed by atoms with E-state index in [-0.39, 0.29) is 18.2 Å². The highest BCUT2D eigenvalue weighted by molar-refractivity contribution is 5.88. The molecular weight excluding hydrogens is 306 g/mol. The largest absolute Gasteiger partial charge is 0.376 e. The fourth-order valence-corrected chi connectivity index (χ4v) is 2.80. The van der Waals surface area contributed by atoms with Gasteiger partial charge >= 0.3 is 6.03 Å². The van der Waals surface area contributed by atoms with Crippen molar-refractivity contribution in [2.24, 2.45) is 0 Å². The van der Waals surface area contributed by atoms with Crippen molar-refractivity contribution < 1.29 is 9.53 Å². The number of carbonyl (C=O) groups excluding carboxylic acids is 1. The van der Waals surface area contributed by atoms with Crippen molar-refractivity contribution >= 4 is 11.8 Å². The summed E-state index contributed by atoms with van der Waals surface area (Å²) in [5.41, 5.74) is 1.21. The first-order valence-electron chi connectivity index (χ1n) is 8.32. The molecule has 2 N–H and O–H groups in total. The number of carbonyl (C=O) groups is 1. The lowest BCUT2D eigenvalue weighted by atomic mass is 10.1. The SMILES string of the molecule is C[C@@H](NC(=O)Nc1ccn(CCc2ccncc2)n1)[C@H]1CCCO1. The van der Waals surface area contributed by atoms with Gasteiger partial charge in [-0.3, -0.25) is 15.0 Å². The van der Waals surface area contributed by atoms with Gasteiger partial charge in [-0.1, -0.05) is 0 Å². The number of aryl methyl sites for hydroxylation is 2. The summed E-state index contributed by atoms with van der Waals surface area (Å²) >= 11 is 0. The maximum absolute atomic E-state index is 12.0. The second-order valence-corrected chi connectivity index (χ2v) is 6.01. The minimum atomic E-state index is -0.252. The van der Waals surface area contributed by atoms with Crippen molar-refractivity contribution in [1.82, 2.24) is 20.1 Å². The van der Waals surface area contributed by atoms with E-state index in [0.29, 0.717) is 5.82 Å². The number of nitrogens with one attached hydrogen (secondary N) is 2. The number of pyridine rings is 1. The van der Waals surface area contributed by atoms with Crippen molar-refractivity contribution in [1.29, 1.82) is 0 Å². The van der Waals surface area contributed by atoms with Crippen molar-refractivity contribution in [3.8, 4) is 0 Å². The highest BCUT2D eigenvalue weighted by Crippen LogP contribution is 2.15. The van der Waals surface area contributed by atoms with Gasteiger partial charge in [-0.05, 0) is 43.9 Å². The molecule has 128 valence electrons. The zero-order chi connectivity index (χ0) is 16.8. The van der Waals surface area contributed by atoms with E-state index in [0.717, 1.165) is 32.4 Å². The molecule has 24 heavy (non-hydrogen) atoms. The van der Waals surface area contributed by atoms with Gasteiger partial charge in [0.1, 0.15) is 0 Å². The molecule has 1 aliphatic rings. The Bertz CT molecular complexity index is 652. The van der Waals surface area contributed by atoms with E-state index in [4.69, 9.17) is 4.74 Å². The number of hydrogen-bond acceptors (Lipinski definition) is 4. The quantitative estimate of drug-likeness (QED) is 0.851. The second-order valence-electron chi connectivity index (χ2n) is 6.01. The molecule has 0 aliphatic carbocycles. The first-order chi connectivity index (χ1) is 11.7. The van der Waals surface area contributed by atoms with E-state index in [2.05, 4.69) is 20.7 Å². The van der Waals surface area contributed by atoms with Gasteiger partial charge in [-0.25, -0.2) is 4.79 Å². The Morgan fingerprint density at radius 1 is 1.42 bits per heavy atom. The van der Waals surface area contributed by atoms with E-state index in [1.807, 2.05) is 29.9 Å². The predicted octanol–water partition coefficient (Wildman–Crippen LogP) is 2.21. The molecule has 0 saturated carbocycles. The van der Waals surface area contributed by atoms with Gasteiger partial charge in [0.2, 0.25) is 0 Å². The minimum absolute atomic E-state index is 0.0127. The molecule has 7 nitrogen and oxygen atoms in total. The molecule has 1 fully saturated rings. The van der Waals surface area contributed by atoms with Gasteiger partial charge in [0, 0.05) is 37.8 Å². The monoisotopic (exact) mass is 329 g/mol. The number of ether oxygens (including phenoxy) is 1. The van der Waals surface area contributed by atoms with Crippen molar-refractivity contribution in [2.45, 2.75) is 44.9 Å². The highest BCUT2D eigenvalue weighted by atomic mass is 16.5. The van der Waals surface area contributed by atoms with Crippen LogP contribution in [0.1, 0.15) is 25.3 Å². The van der Waals surface area contributed by atoms with Crippen LogP contribution in [-0.4, -0.2) is 39.5 Å². The van der Waals surface area contributed by atoms with E-state index in [9.17, 15) is 4.79 Å². The maximum Gasteiger partial charge on any atom is 0.320 e. The van der Waals surface area contributed by atoms with Gasteiger partial charge < -0.3 is 10.1 Å². The standard InChI is InChI=1S/C17H23N5O2/c1-13(15-3-2-12-24-15)19-17(23)20-16-7-11-22(21-16)10-6-14-4-8-18-9-5-14/h4-5,7-9,11,13,15H,2-3,6,10,12H2,1H3,(H2,19,20,21,23)/t13-,15-/m1/s1. The summed E-state index contributed by atoms with van der Waals surface area (Å²) in [7, 11) is 0. The van der Waals surface area contributed by atoms with Crippen LogP contribution >= 0.6 is 0 Å². The highest BCUT2D eigenvalue weighted by Gasteiger charge is 2.23. The lowest BCUT2D eigenvalue weighted by molar-refractivity contribution is 0.0868. The average Bonchev–Trinajstić information content (AvgIpc) is 3.25. The fourth-order valence-electron chi connectivity index (χ4n) is 2.80. The topological polar surface area (TPSA) is 81.1 Å². The van der Waals surface area contributed by atoms with Crippen LogP contribution in [-0.2, 0) is 17.7 Å². The molecule has 7 heteroatoms. The van der Waals surface area contributed by atoms with Crippen molar-refractivity contribution in [2.75, 3.05) is 11.9 Å². The van der Waals surface area contributed by atoms with Gasteiger partial charge in [-0.15, -0.1) is 0 Å². The van der Waals surface area contributed by atoms with Crippen LogP contribution < -0.4 is 10.6 Å². The minimum Gasteiger partial charge on any atom is -0.376 e. The lowest BCUT2D eigenvalue weighted by Gasteiger charge is -2.19. The Morgan fingerprint density at radius 2 is 2.25 bits per heavy atom. The van der Waals surface area contributed by atoms with Crippen LogP contribution in [0.3, 0.4) is 0 Å². The number of hydrogen-bond donors (Lipinski definition) is 2. The molecule has 0 bridgehead atoms. The lowest BCUT2D eigenvalue weighted by Crippen LogP contribution is -2.43. The molecule has 3 heterocycles. The Morgan fingerprint density at radius 3 is 3.00 bits per heavy atom. The Balaban J connectivity index is 1.45. The van der Waals surface area contributed by atoms with Crippen LogP contribution in [0.5, 0.6) is 0 Å². The molecule has 0 unspecified atom stereocenters. The Labute approximate surface area is 141 Å². The molecule has 0 spiro atoms. The normalized spacial score (nSPS) is 18.3. The zero-order valence-electron chi connectivity index (χ0n) is 13.8. The summed E-state index contributed by atoms with van der Waals surface area (Å²) < 4.78 is 7.40. The van der Waals surface area contributed by atoms with Gasteiger partial charge in [0.05, 0.1) is 12.1 Å². The van der Waals surface area contributed by atoms with E-state index in [1.54, 1.807) is 18.5 Å². The molecule has 1 aliphatic heterocycles. The van der Waals surface area contributed by atoms with Crippen molar-refractivity contribution in [3.63, 3.8) is 0 Å². The number of rotatable bonds is 6. The van der Waals surface area contributed by atoms with Crippen LogP contribution in [0.25, 0.3) is 0 Å². The fraction of sp³-hybridized carbons (Fsp3) is 0.471. The molecule has 0 aromatic carbocycles. The average molecular weight is 329 g/mol. The summed E-state index contributed by atoms with van der Waals surface area (Å²) in [6, 6.07) is 5.51. The summed E-state index contributed by atoms with van der Waals surface area (Å²) in [4.78, 5) is 16.0. The second kappa shape index (κ2) is 7.92. The number of aromatic nitrogens is 3. The van der Waals surface area contributed by atoms with Crippen LogP contribution in [0.4, 0.5) is 10.6 Å². The number of anilines is 1. The number of nitrogens with zero attached hydrogens (tertiary/aromatic N) is 3. The molecule has 2 aromatic heterocycles. The first-order valence-corrected chi connectivity index (χ1v) is 8.32. The molecule has 2 aromatic rings. The van der Waals surface area contributed by atoms with E-state index < -0.39 is 0 Å². The molecule has 2 amide bonds. The molecule has 0 radical (unpaired) electrons. The molecular formula is C17H23N5O2. The summed E-state index contributed by atoms with van der Waals surface area (Å²) in [6.07, 6.45) is 8.45. The zero-order valence-corrected chi connectivity index (χ0v) is 13.8. The Kier molecular flexibility index (Phi) is 5.43. The summed E-state index contributed by atoms with van der Waals surface area (Å²) in [5, 5.41) is 10.0. The van der Waals surface area contributed by atoms with Gasteiger partial charge in [0.15, 0.2) is 5.82 Å². The smallest absolute Gasteiger partial charge is 0.320 e. The number of urea groups is 1. The van der Waals surface area contributed by atoms with Gasteiger partial charge in [-0.2, -0.15) is 5.10 Å². The van der Waals surface area contributed by atoms with Crippen molar-refractivity contribution in [3.05, 3.63) is 42.4 Å². The van der Waals surface area contributed by atoms with E-state index >= 15 is 0 Å². The van der Waals surface area contributed by atoms with E-state index in [1.165, 1.54) is 5.56 Å². The summed E-state index contributed by atoms with van der Waals surface area (Å²) in [6.45, 7) is 3.49. The molecule has 2 atom stereocenters. The third kappa shape index (κ3) is 4.55. The van der Waals surface area contributed by atoms with Crippen LogP contribution in [0.2, 0.25) is 0 Å². The summed E-state index contributed by atoms with van der Waals surface area (Å²) in [5.74, 6) is 0.543.